The number of hydrogen-bond acceptors (Lipinski definition) is 5. The highest BCUT2D eigenvalue weighted by Crippen LogP contribution is 2.20. The van der Waals surface area contributed by atoms with Crippen molar-refractivity contribution in [3.63, 3.8) is 0 Å². The van der Waals surface area contributed by atoms with Crippen LogP contribution >= 0.6 is 0 Å². The summed E-state index contributed by atoms with van der Waals surface area (Å²) in [5, 5.41) is 18.7. The fraction of sp³-hybridized carbons (Fsp3) is 0.636. The van der Waals surface area contributed by atoms with Crippen LogP contribution in [0.2, 0.25) is 0 Å². The molecule has 0 unspecified atom stereocenters. The Morgan fingerprint density at radius 3 is 2.84 bits per heavy atom. The zero-order chi connectivity index (χ0) is 13.8. The summed E-state index contributed by atoms with van der Waals surface area (Å²) >= 11 is 0. The van der Waals surface area contributed by atoms with E-state index in [-0.39, 0.29) is 17.6 Å². The normalized spacial score (nSPS) is 16.1. The van der Waals surface area contributed by atoms with Crippen molar-refractivity contribution in [1.82, 2.24) is 25.2 Å². The number of likely N-dealkylation sites (tertiary alicyclic amines) is 1. The van der Waals surface area contributed by atoms with E-state index in [2.05, 4.69) is 20.5 Å². The lowest BCUT2D eigenvalue weighted by atomic mass is 10.1. The first kappa shape index (κ1) is 13.5. The van der Waals surface area contributed by atoms with Gasteiger partial charge in [0.15, 0.2) is 5.69 Å². The van der Waals surface area contributed by atoms with Gasteiger partial charge in [0.05, 0.1) is 12.2 Å². The van der Waals surface area contributed by atoms with Gasteiger partial charge in [0.1, 0.15) is 0 Å². The lowest BCUT2D eigenvalue weighted by Gasteiger charge is -2.38. The van der Waals surface area contributed by atoms with Gasteiger partial charge in [-0.25, -0.2) is 9.48 Å². The molecule has 1 aromatic heterocycles. The third-order valence-corrected chi connectivity index (χ3v) is 3.20. The second kappa shape index (κ2) is 5.79. The Morgan fingerprint density at radius 2 is 2.26 bits per heavy atom. The Bertz CT molecular complexity index is 467. The molecule has 2 rings (SSSR count). The SMILES string of the molecule is CNC(=O)CCCN1CC(n2cc(C(=O)O)nn2)C1. The van der Waals surface area contributed by atoms with E-state index in [1.54, 1.807) is 11.7 Å². The number of nitrogens with one attached hydrogen (secondary N) is 1. The lowest BCUT2D eigenvalue weighted by Crippen LogP contribution is -2.48. The smallest absolute Gasteiger partial charge is 0.358 e. The van der Waals surface area contributed by atoms with E-state index in [9.17, 15) is 9.59 Å². The standard InChI is InChI=1S/C11H17N5O3/c1-12-10(17)3-2-4-15-5-8(6-15)16-7-9(11(18)19)13-14-16/h7-8H,2-6H2,1H3,(H,12,17)(H,18,19). The number of nitrogens with zero attached hydrogens (tertiary/aromatic N) is 4. The molecule has 0 saturated carbocycles. The lowest BCUT2D eigenvalue weighted by molar-refractivity contribution is -0.120. The molecule has 0 aromatic carbocycles. The zero-order valence-corrected chi connectivity index (χ0v) is 10.7. The number of carboxylic acid groups (broad SMARTS) is 1. The summed E-state index contributed by atoms with van der Waals surface area (Å²) in [6.07, 6.45) is 2.81. The summed E-state index contributed by atoms with van der Waals surface area (Å²) < 4.78 is 1.60. The maximum Gasteiger partial charge on any atom is 0.358 e. The van der Waals surface area contributed by atoms with Crippen molar-refractivity contribution >= 4 is 11.9 Å². The number of carbonyl (C=O) groups excluding carboxylic acids is 1. The van der Waals surface area contributed by atoms with Gasteiger partial charge in [-0.2, -0.15) is 0 Å². The van der Waals surface area contributed by atoms with Crippen molar-refractivity contribution in [3.05, 3.63) is 11.9 Å². The Balaban J connectivity index is 1.70. The second-order valence-electron chi connectivity index (χ2n) is 4.58. The predicted octanol–water partition coefficient (Wildman–Crippen LogP) is -0.641. The largest absolute Gasteiger partial charge is 0.476 e. The Hall–Kier alpha value is -1.96. The van der Waals surface area contributed by atoms with Crippen LogP contribution in [0.4, 0.5) is 0 Å². The summed E-state index contributed by atoms with van der Waals surface area (Å²) in [5.74, 6) is -1.01. The van der Waals surface area contributed by atoms with E-state index in [0.29, 0.717) is 6.42 Å². The van der Waals surface area contributed by atoms with Gasteiger partial charge in [-0.1, -0.05) is 5.21 Å². The number of carbonyl (C=O) groups is 2. The molecule has 2 heterocycles. The number of aromatic nitrogens is 3. The van der Waals surface area contributed by atoms with Crippen molar-refractivity contribution in [2.24, 2.45) is 0 Å². The molecular weight excluding hydrogens is 250 g/mol. The molecule has 104 valence electrons. The van der Waals surface area contributed by atoms with Gasteiger partial charge in [-0.15, -0.1) is 5.10 Å². The molecule has 2 N–H and O–H groups in total. The molecule has 0 radical (unpaired) electrons. The minimum atomic E-state index is -1.06. The zero-order valence-electron chi connectivity index (χ0n) is 10.7. The van der Waals surface area contributed by atoms with Crippen molar-refractivity contribution in [3.8, 4) is 0 Å². The van der Waals surface area contributed by atoms with Gasteiger partial charge in [-0.05, 0) is 13.0 Å². The highest BCUT2D eigenvalue weighted by Gasteiger charge is 2.29. The van der Waals surface area contributed by atoms with Crippen LogP contribution in [0, 0.1) is 0 Å². The average molecular weight is 267 g/mol. The van der Waals surface area contributed by atoms with E-state index in [1.807, 2.05) is 0 Å². The van der Waals surface area contributed by atoms with Crippen molar-refractivity contribution in [2.45, 2.75) is 18.9 Å². The van der Waals surface area contributed by atoms with Crippen LogP contribution in [-0.4, -0.2) is 63.6 Å². The molecule has 0 spiro atoms. The molecule has 1 fully saturated rings. The number of carboxylic acids is 1. The molecule has 1 amide bonds. The van der Waals surface area contributed by atoms with E-state index < -0.39 is 5.97 Å². The van der Waals surface area contributed by atoms with E-state index in [1.165, 1.54) is 6.20 Å². The van der Waals surface area contributed by atoms with Crippen LogP contribution in [0.25, 0.3) is 0 Å². The van der Waals surface area contributed by atoms with Crippen LogP contribution in [0.1, 0.15) is 29.4 Å². The molecular formula is C11H17N5O3. The monoisotopic (exact) mass is 267 g/mol. The molecule has 0 atom stereocenters. The molecule has 1 aromatic rings. The molecule has 8 heteroatoms. The van der Waals surface area contributed by atoms with E-state index in [0.717, 1.165) is 26.1 Å². The predicted molar refractivity (Wildman–Crippen MR) is 65.8 cm³/mol. The van der Waals surface area contributed by atoms with Crippen molar-refractivity contribution < 1.29 is 14.7 Å². The van der Waals surface area contributed by atoms with Crippen molar-refractivity contribution in [2.75, 3.05) is 26.7 Å². The molecule has 1 aliphatic rings. The quantitative estimate of drug-likeness (QED) is 0.711. The molecule has 19 heavy (non-hydrogen) atoms. The summed E-state index contributed by atoms with van der Waals surface area (Å²) in [6.45, 7) is 2.50. The Labute approximate surface area is 110 Å². The average Bonchev–Trinajstić information content (AvgIpc) is 2.80. The Morgan fingerprint density at radius 1 is 1.53 bits per heavy atom. The maximum absolute atomic E-state index is 11.0. The van der Waals surface area contributed by atoms with Gasteiger partial charge < -0.3 is 10.4 Å². The van der Waals surface area contributed by atoms with Crippen LogP contribution in [0.5, 0.6) is 0 Å². The highest BCUT2D eigenvalue weighted by molar-refractivity contribution is 5.84. The number of aromatic carboxylic acids is 1. The first-order valence-corrected chi connectivity index (χ1v) is 6.18. The first-order valence-electron chi connectivity index (χ1n) is 6.18. The van der Waals surface area contributed by atoms with Crippen LogP contribution in [-0.2, 0) is 4.79 Å². The minimum absolute atomic E-state index is 0.0296. The molecule has 1 saturated heterocycles. The maximum atomic E-state index is 11.0. The van der Waals surface area contributed by atoms with Gasteiger partial charge in [-0.3, -0.25) is 9.69 Å². The summed E-state index contributed by atoms with van der Waals surface area (Å²) in [5.41, 5.74) is -0.0296. The summed E-state index contributed by atoms with van der Waals surface area (Å²) in [4.78, 5) is 23.9. The fourth-order valence-electron chi connectivity index (χ4n) is 2.03. The highest BCUT2D eigenvalue weighted by atomic mass is 16.4. The topological polar surface area (TPSA) is 100 Å². The van der Waals surface area contributed by atoms with Crippen LogP contribution < -0.4 is 5.32 Å². The molecule has 1 aliphatic heterocycles. The third kappa shape index (κ3) is 3.28. The van der Waals surface area contributed by atoms with Crippen LogP contribution in [0.3, 0.4) is 0 Å². The van der Waals surface area contributed by atoms with Gasteiger partial charge in [0.2, 0.25) is 5.91 Å². The van der Waals surface area contributed by atoms with Crippen LogP contribution in [0.15, 0.2) is 6.20 Å². The number of amides is 1. The van der Waals surface area contributed by atoms with Crippen molar-refractivity contribution in [1.29, 1.82) is 0 Å². The molecule has 0 aliphatic carbocycles. The minimum Gasteiger partial charge on any atom is -0.476 e. The number of rotatable bonds is 6. The molecule has 8 nitrogen and oxygen atoms in total. The second-order valence-corrected chi connectivity index (χ2v) is 4.58. The third-order valence-electron chi connectivity index (χ3n) is 3.20. The first-order chi connectivity index (χ1) is 9.10. The van der Waals surface area contributed by atoms with Gasteiger partial charge in [0, 0.05) is 26.6 Å². The van der Waals surface area contributed by atoms with E-state index in [4.69, 9.17) is 5.11 Å². The Kier molecular flexibility index (Phi) is 4.10. The fourth-order valence-corrected chi connectivity index (χ4v) is 2.03. The number of hydrogen-bond donors (Lipinski definition) is 2. The summed E-state index contributed by atoms with van der Waals surface area (Å²) in [7, 11) is 1.63. The summed E-state index contributed by atoms with van der Waals surface area (Å²) in [6, 6.07) is 0.181. The van der Waals surface area contributed by atoms with E-state index >= 15 is 0 Å². The molecule has 0 bridgehead atoms. The van der Waals surface area contributed by atoms with Gasteiger partial charge >= 0.3 is 5.97 Å². The van der Waals surface area contributed by atoms with Gasteiger partial charge in [0.25, 0.3) is 0 Å².